The molecule has 0 amide bonds. The fourth-order valence-electron chi connectivity index (χ4n) is 1.96. The molecule has 0 unspecified atom stereocenters. The number of nitrogens with one attached hydrogen (secondary N) is 1. The molecule has 7 nitrogen and oxygen atoms in total. The highest BCUT2D eigenvalue weighted by Crippen LogP contribution is 2.16. The van der Waals surface area contributed by atoms with E-state index < -0.39 is 9.84 Å². The van der Waals surface area contributed by atoms with Gasteiger partial charge >= 0.3 is 5.97 Å². The first kappa shape index (κ1) is 19.1. The van der Waals surface area contributed by atoms with Gasteiger partial charge in [0.15, 0.2) is 9.84 Å². The highest BCUT2D eigenvalue weighted by molar-refractivity contribution is 7.89. The highest BCUT2D eigenvalue weighted by Gasteiger charge is 2.08. The summed E-state index contributed by atoms with van der Waals surface area (Å²) >= 11 is 1.34. The van der Waals surface area contributed by atoms with Gasteiger partial charge in [0.2, 0.25) is 5.13 Å². The average Bonchev–Trinajstić information content (AvgIpc) is 2.95. The van der Waals surface area contributed by atoms with E-state index in [4.69, 9.17) is 4.74 Å². The molecule has 1 N–H and O–H groups in total. The van der Waals surface area contributed by atoms with Gasteiger partial charge in [0.25, 0.3) is 0 Å². The number of hydrogen-bond donors (Lipinski definition) is 1. The topological polar surface area (TPSA) is 97.7 Å². The molecular formula is C16H19N3O4S2. The first-order valence-electron chi connectivity index (χ1n) is 7.51. The summed E-state index contributed by atoms with van der Waals surface area (Å²) in [4.78, 5) is 15.6. The summed E-state index contributed by atoms with van der Waals surface area (Å²) in [6.07, 6.45) is 2.95. The fraction of sp³-hybridized carbons (Fsp3) is 0.312. The second-order valence-electron chi connectivity index (χ2n) is 5.31. The minimum Gasteiger partial charge on any atom is -0.466 e. The summed E-state index contributed by atoms with van der Waals surface area (Å²) in [6.45, 7) is 2.11. The van der Waals surface area contributed by atoms with Crippen molar-refractivity contribution in [3.8, 4) is 0 Å². The van der Waals surface area contributed by atoms with E-state index in [1.54, 1.807) is 42.8 Å². The zero-order chi connectivity index (χ0) is 18.3. The van der Waals surface area contributed by atoms with Crippen molar-refractivity contribution in [2.75, 3.05) is 18.3 Å². The van der Waals surface area contributed by atoms with Crippen molar-refractivity contribution in [3.63, 3.8) is 0 Å². The van der Waals surface area contributed by atoms with Gasteiger partial charge in [0, 0.05) is 11.6 Å². The van der Waals surface area contributed by atoms with Gasteiger partial charge in [0.1, 0.15) is 0 Å². The number of hydrogen-bond acceptors (Lipinski definition) is 8. The number of sulfone groups is 1. The Balaban J connectivity index is 1.88. The quantitative estimate of drug-likeness (QED) is 0.428. The van der Waals surface area contributed by atoms with E-state index >= 15 is 0 Å². The molecule has 2 aromatic rings. The molecular weight excluding hydrogens is 362 g/mol. The number of carbonyl (C=O) groups excluding carboxylic acids is 1. The molecule has 0 fully saturated rings. The molecule has 0 aliphatic rings. The SMILES string of the molecule is CCOC(=O)Cc1csc(NN=Cc2ccc(CS(C)(=O)=O)cc2)n1. The molecule has 25 heavy (non-hydrogen) atoms. The lowest BCUT2D eigenvalue weighted by Gasteiger charge is -2.00. The number of ether oxygens (including phenoxy) is 1. The number of aromatic nitrogens is 1. The first-order valence-corrected chi connectivity index (χ1v) is 10.5. The van der Waals surface area contributed by atoms with Crippen LogP contribution in [0.2, 0.25) is 0 Å². The van der Waals surface area contributed by atoms with Gasteiger partial charge in [-0.3, -0.25) is 10.2 Å². The number of rotatable bonds is 8. The van der Waals surface area contributed by atoms with Gasteiger partial charge in [-0.1, -0.05) is 24.3 Å². The van der Waals surface area contributed by atoms with Crippen LogP contribution in [0.4, 0.5) is 5.13 Å². The Kier molecular flexibility index (Phi) is 6.65. The van der Waals surface area contributed by atoms with Crippen LogP contribution in [-0.4, -0.2) is 38.4 Å². The molecule has 134 valence electrons. The van der Waals surface area contributed by atoms with Crippen LogP contribution in [0.25, 0.3) is 0 Å². The van der Waals surface area contributed by atoms with Crippen molar-refractivity contribution < 1.29 is 17.9 Å². The van der Waals surface area contributed by atoms with Crippen LogP contribution in [0.15, 0.2) is 34.7 Å². The van der Waals surface area contributed by atoms with E-state index in [2.05, 4.69) is 15.5 Å². The molecule has 0 saturated heterocycles. The van der Waals surface area contributed by atoms with Crippen molar-refractivity contribution in [2.45, 2.75) is 19.1 Å². The molecule has 9 heteroatoms. The molecule has 2 rings (SSSR count). The van der Waals surface area contributed by atoms with Crippen LogP contribution < -0.4 is 5.43 Å². The summed E-state index contributed by atoms with van der Waals surface area (Å²) in [5, 5.41) is 6.43. The number of benzene rings is 1. The van der Waals surface area contributed by atoms with Crippen LogP contribution in [0.3, 0.4) is 0 Å². The van der Waals surface area contributed by atoms with Gasteiger partial charge in [0.05, 0.1) is 30.7 Å². The maximum absolute atomic E-state index is 11.4. The summed E-state index contributed by atoms with van der Waals surface area (Å²) in [5.41, 5.74) is 4.99. The Morgan fingerprint density at radius 2 is 2.08 bits per heavy atom. The lowest BCUT2D eigenvalue weighted by atomic mass is 10.2. The van der Waals surface area contributed by atoms with Crippen LogP contribution in [0, 0.1) is 0 Å². The summed E-state index contributed by atoms with van der Waals surface area (Å²) in [7, 11) is -3.04. The fourth-order valence-corrected chi connectivity index (χ4v) is 3.42. The largest absolute Gasteiger partial charge is 0.466 e. The van der Waals surface area contributed by atoms with E-state index in [1.807, 2.05) is 0 Å². The summed E-state index contributed by atoms with van der Waals surface area (Å²) in [5.74, 6) is -0.289. The first-order chi connectivity index (χ1) is 11.9. The van der Waals surface area contributed by atoms with Crippen molar-refractivity contribution in [3.05, 3.63) is 46.5 Å². The summed E-state index contributed by atoms with van der Waals surface area (Å²) < 4.78 is 27.4. The normalized spacial score (nSPS) is 11.6. The molecule has 1 aromatic heterocycles. The third-order valence-corrected chi connectivity index (χ3v) is 4.62. The third kappa shape index (κ3) is 7.02. The van der Waals surface area contributed by atoms with Crippen molar-refractivity contribution in [2.24, 2.45) is 5.10 Å². The lowest BCUT2D eigenvalue weighted by Crippen LogP contribution is -2.07. The van der Waals surface area contributed by atoms with Crippen LogP contribution in [-0.2, 0) is 31.5 Å². The number of thiazole rings is 1. The van der Waals surface area contributed by atoms with Crippen LogP contribution in [0.1, 0.15) is 23.7 Å². The molecule has 1 aromatic carbocycles. The van der Waals surface area contributed by atoms with E-state index in [1.165, 1.54) is 17.6 Å². The Morgan fingerprint density at radius 1 is 1.36 bits per heavy atom. The van der Waals surface area contributed by atoms with E-state index in [9.17, 15) is 13.2 Å². The Hall–Kier alpha value is -2.26. The second-order valence-corrected chi connectivity index (χ2v) is 8.31. The number of nitrogens with zero attached hydrogens (tertiary/aromatic N) is 2. The Labute approximate surface area is 150 Å². The molecule has 0 radical (unpaired) electrons. The zero-order valence-corrected chi connectivity index (χ0v) is 15.6. The lowest BCUT2D eigenvalue weighted by molar-refractivity contribution is -0.142. The Morgan fingerprint density at radius 3 is 2.72 bits per heavy atom. The number of esters is 1. The highest BCUT2D eigenvalue weighted by atomic mass is 32.2. The van der Waals surface area contributed by atoms with E-state index in [0.717, 1.165) is 11.1 Å². The molecule has 0 atom stereocenters. The van der Waals surface area contributed by atoms with Crippen molar-refractivity contribution in [1.29, 1.82) is 0 Å². The molecule has 0 bridgehead atoms. The van der Waals surface area contributed by atoms with Gasteiger partial charge < -0.3 is 4.74 Å². The number of carbonyl (C=O) groups is 1. The van der Waals surface area contributed by atoms with Crippen LogP contribution in [0.5, 0.6) is 0 Å². The predicted molar refractivity (Wildman–Crippen MR) is 98.7 cm³/mol. The third-order valence-electron chi connectivity index (χ3n) is 2.96. The minimum absolute atomic E-state index is 0.0189. The van der Waals surface area contributed by atoms with Crippen molar-refractivity contribution in [1.82, 2.24) is 4.98 Å². The standard InChI is InChI=1S/C16H19N3O4S2/c1-3-23-15(20)8-14-10-24-16(18-14)19-17-9-12-4-6-13(7-5-12)11-25(2,21)22/h4-7,9-10H,3,8,11H2,1-2H3,(H,18,19). The minimum atomic E-state index is -3.04. The molecule has 1 heterocycles. The van der Waals surface area contributed by atoms with Gasteiger partial charge in [-0.15, -0.1) is 11.3 Å². The Bertz CT molecular complexity index is 843. The second kappa shape index (κ2) is 8.72. The maximum atomic E-state index is 11.4. The van der Waals surface area contributed by atoms with Gasteiger partial charge in [-0.05, 0) is 18.1 Å². The monoisotopic (exact) mass is 381 g/mol. The van der Waals surface area contributed by atoms with E-state index in [0.29, 0.717) is 17.4 Å². The average molecular weight is 381 g/mol. The molecule has 0 spiro atoms. The van der Waals surface area contributed by atoms with E-state index in [-0.39, 0.29) is 18.1 Å². The zero-order valence-electron chi connectivity index (χ0n) is 13.9. The maximum Gasteiger partial charge on any atom is 0.311 e. The number of anilines is 1. The van der Waals surface area contributed by atoms with Crippen LogP contribution >= 0.6 is 11.3 Å². The van der Waals surface area contributed by atoms with Crippen molar-refractivity contribution >= 4 is 38.5 Å². The molecule has 0 aliphatic carbocycles. The smallest absolute Gasteiger partial charge is 0.311 e. The number of hydrazone groups is 1. The van der Waals surface area contributed by atoms with Gasteiger partial charge in [-0.25, -0.2) is 13.4 Å². The van der Waals surface area contributed by atoms with Gasteiger partial charge in [-0.2, -0.15) is 5.10 Å². The summed E-state index contributed by atoms with van der Waals surface area (Å²) in [6, 6.07) is 7.09. The molecule has 0 saturated carbocycles. The predicted octanol–water partition coefficient (Wildman–Crippen LogP) is 2.24. The molecule has 0 aliphatic heterocycles.